The van der Waals surface area contributed by atoms with Gasteiger partial charge >= 0.3 is 0 Å². The minimum atomic E-state index is -0.434. The van der Waals surface area contributed by atoms with E-state index in [4.69, 9.17) is 0 Å². The molecule has 2 N–H and O–H groups in total. The number of amides is 2. The molecule has 7 heteroatoms. The maximum absolute atomic E-state index is 12.9. The van der Waals surface area contributed by atoms with E-state index in [0.29, 0.717) is 17.1 Å². The molecule has 0 saturated heterocycles. The summed E-state index contributed by atoms with van der Waals surface area (Å²) in [7, 11) is 0. The Balaban J connectivity index is 1.59. The normalized spacial score (nSPS) is 10.7. The van der Waals surface area contributed by atoms with Gasteiger partial charge < -0.3 is 10.6 Å². The van der Waals surface area contributed by atoms with Crippen molar-refractivity contribution in [1.29, 1.82) is 0 Å². The van der Waals surface area contributed by atoms with Crippen molar-refractivity contribution in [2.24, 2.45) is 0 Å². The third kappa shape index (κ3) is 4.73. The first kappa shape index (κ1) is 21.0. The largest absolute Gasteiger partial charge is 0.350 e. The minimum Gasteiger partial charge on any atom is -0.350 e. The summed E-state index contributed by atoms with van der Waals surface area (Å²) in [6.45, 7) is 3.80. The summed E-state index contributed by atoms with van der Waals surface area (Å²) >= 11 is 0. The molecule has 0 fully saturated rings. The molecule has 2 amide bonds. The molecule has 1 aromatic heterocycles. The molecule has 32 heavy (non-hydrogen) atoms. The van der Waals surface area contributed by atoms with Crippen molar-refractivity contribution < 1.29 is 9.59 Å². The number of para-hydroxylation sites is 1. The highest BCUT2D eigenvalue weighted by Gasteiger charge is 2.19. The fourth-order valence-electron chi connectivity index (χ4n) is 3.17. The molecule has 3 aromatic carbocycles. The van der Waals surface area contributed by atoms with Crippen molar-refractivity contribution in [2.45, 2.75) is 19.9 Å². The van der Waals surface area contributed by atoms with Gasteiger partial charge in [0.1, 0.15) is 0 Å². The van der Waals surface area contributed by atoms with Crippen molar-refractivity contribution in [2.75, 3.05) is 5.32 Å². The van der Waals surface area contributed by atoms with E-state index < -0.39 is 5.91 Å². The third-order valence-corrected chi connectivity index (χ3v) is 4.67. The fourth-order valence-corrected chi connectivity index (χ4v) is 3.17. The van der Waals surface area contributed by atoms with Gasteiger partial charge in [-0.15, -0.1) is 5.10 Å². The number of hydrogen-bond acceptors (Lipinski definition) is 4. The van der Waals surface area contributed by atoms with Crippen molar-refractivity contribution >= 4 is 17.5 Å². The average Bonchev–Trinajstić information content (AvgIpc) is 3.26. The Morgan fingerprint density at radius 2 is 1.44 bits per heavy atom. The molecule has 0 unspecified atom stereocenters. The Kier molecular flexibility index (Phi) is 6.07. The van der Waals surface area contributed by atoms with Crippen LogP contribution in [0.25, 0.3) is 17.1 Å². The van der Waals surface area contributed by atoms with Gasteiger partial charge in [0.05, 0.1) is 5.69 Å². The van der Waals surface area contributed by atoms with Gasteiger partial charge in [0.15, 0.2) is 5.82 Å². The number of aromatic nitrogens is 3. The molecule has 0 bridgehead atoms. The Bertz CT molecular complexity index is 1160. The molecule has 0 radical (unpaired) electrons. The van der Waals surface area contributed by atoms with E-state index in [9.17, 15) is 9.59 Å². The summed E-state index contributed by atoms with van der Waals surface area (Å²) in [5, 5.41) is 10.1. The van der Waals surface area contributed by atoms with E-state index >= 15 is 0 Å². The molecular formula is C25H23N5O2. The van der Waals surface area contributed by atoms with Crippen molar-refractivity contribution in [3.8, 4) is 17.1 Å². The van der Waals surface area contributed by atoms with Gasteiger partial charge in [0.2, 0.25) is 5.82 Å². The first-order chi connectivity index (χ1) is 15.5. The molecular weight excluding hydrogens is 402 g/mol. The zero-order chi connectivity index (χ0) is 22.5. The molecule has 0 saturated carbocycles. The van der Waals surface area contributed by atoms with Crippen LogP contribution in [-0.4, -0.2) is 32.6 Å². The number of rotatable bonds is 6. The number of carbonyl (C=O) groups excluding carboxylic acids is 2. The molecule has 4 rings (SSSR count). The zero-order valence-corrected chi connectivity index (χ0v) is 17.8. The smallest absolute Gasteiger partial charge is 0.295 e. The first-order valence-corrected chi connectivity index (χ1v) is 10.3. The highest BCUT2D eigenvalue weighted by Crippen LogP contribution is 2.21. The molecule has 0 spiro atoms. The quantitative estimate of drug-likeness (QED) is 0.481. The second-order valence-corrected chi connectivity index (χ2v) is 7.53. The number of hydrogen-bond donors (Lipinski definition) is 2. The molecule has 0 atom stereocenters. The van der Waals surface area contributed by atoms with Crippen molar-refractivity contribution in [3.05, 3.63) is 96.3 Å². The SMILES string of the molecule is CC(C)NC(=O)c1ccc(NC(=O)c2nc(-c3ccccc3)n(-c3ccccc3)n2)cc1. The predicted molar refractivity (Wildman–Crippen MR) is 124 cm³/mol. The lowest BCUT2D eigenvalue weighted by Crippen LogP contribution is -2.30. The lowest BCUT2D eigenvalue weighted by atomic mass is 10.2. The fraction of sp³-hybridized carbons (Fsp3) is 0.120. The maximum Gasteiger partial charge on any atom is 0.295 e. The second kappa shape index (κ2) is 9.26. The molecule has 0 aliphatic rings. The topological polar surface area (TPSA) is 88.9 Å². The number of benzene rings is 3. The van der Waals surface area contributed by atoms with E-state index in [1.807, 2.05) is 74.5 Å². The number of carbonyl (C=O) groups is 2. The first-order valence-electron chi connectivity index (χ1n) is 10.3. The van der Waals surface area contributed by atoms with E-state index in [0.717, 1.165) is 11.3 Å². The summed E-state index contributed by atoms with van der Waals surface area (Å²) in [6, 6.07) is 25.9. The van der Waals surface area contributed by atoms with Gasteiger partial charge in [0.25, 0.3) is 11.8 Å². The predicted octanol–water partition coefficient (Wildman–Crippen LogP) is 4.32. The van der Waals surface area contributed by atoms with Crippen LogP contribution < -0.4 is 10.6 Å². The van der Waals surface area contributed by atoms with Gasteiger partial charge in [-0.1, -0.05) is 48.5 Å². The van der Waals surface area contributed by atoms with Crippen LogP contribution in [0.5, 0.6) is 0 Å². The van der Waals surface area contributed by atoms with Crippen molar-refractivity contribution in [3.63, 3.8) is 0 Å². The zero-order valence-electron chi connectivity index (χ0n) is 17.8. The van der Waals surface area contributed by atoms with Crippen LogP contribution in [0.15, 0.2) is 84.9 Å². The van der Waals surface area contributed by atoms with Crippen LogP contribution >= 0.6 is 0 Å². The van der Waals surface area contributed by atoms with Crippen LogP contribution in [-0.2, 0) is 0 Å². The van der Waals surface area contributed by atoms with E-state index in [2.05, 4.69) is 20.7 Å². The van der Waals surface area contributed by atoms with Gasteiger partial charge in [0, 0.05) is 22.9 Å². The van der Waals surface area contributed by atoms with Crippen LogP contribution in [0.2, 0.25) is 0 Å². The van der Waals surface area contributed by atoms with Gasteiger partial charge in [-0.25, -0.2) is 9.67 Å². The van der Waals surface area contributed by atoms with E-state index in [1.165, 1.54) is 0 Å². The summed E-state index contributed by atoms with van der Waals surface area (Å²) in [5.74, 6) is 0.0295. The number of anilines is 1. The Morgan fingerprint density at radius 1 is 0.812 bits per heavy atom. The van der Waals surface area contributed by atoms with Gasteiger partial charge in [-0.2, -0.15) is 0 Å². The van der Waals surface area contributed by atoms with Crippen LogP contribution in [0.4, 0.5) is 5.69 Å². The minimum absolute atomic E-state index is 0.0477. The monoisotopic (exact) mass is 425 g/mol. The highest BCUT2D eigenvalue weighted by atomic mass is 16.2. The standard InChI is InChI=1S/C25H23N5O2/c1-17(2)26-24(31)19-13-15-20(16-14-19)27-25(32)22-28-23(18-9-5-3-6-10-18)30(29-22)21-11-7-4-8-12-21/h3-17H,1-2H3,(H,26,31)(H,27,32). The molecule has 7 nitrogen and oxygen atoms in total. The van der Waals surface area contributed by atoms with Crippen LogP contribution in [0.1, 0.15) is 34.8 Å². The second-order valence-electron chi connectivity index (χ2n) is 7.53. The summed E-state index contributed by atoms with van der Waals surface area (Å²) < 4.78 is 1.66. The van der Waals surface area contributed by atoms with Gasteiger partial charge in [-0.05, 0) is 50.2 Å². The lowest BCUT2D eigenvalue weighted by molar-refractivity contribution is 0.0942. The molecule has 1 heterocycles. The highest BCUT2D eigenvalue weighted by molar-refractivity contribution is 6.02. The van der Waals surface area contributed by atoms with Gasteiger partial charge in [-0.3, -0.25) is 9.59 Å². The molecule has 0 aliphatic carbocycles. The Morgan fingerprint density at radius 3 is 2.06 bits per heavy atom. The Hall–Kier alpha value is -4.26. The number of nitrogens with one attached hydrogen (secondary N) is 2. The van der Waals surface area contributed by atoms with E-state index in [-0.39, 0.29) is 17.8 Å². The van der Waals surface area contributed by atoms with Crippen LogP contribution in [0, 0.1) is 0 Å². The lowest BCUT2D eigenvalue weighted by Gasteiger charge is -2.09. The molecule has 0 aliphatic heterocycles. The van der Waals surface area contributed by atoms with Crippen molar-refractivity contribution in [1.82, 2.24) is 20.1 Å². The maximum atomic E-state index is 12.9. The third-order valence-electron chi connectivity index (χ3n) is 4.67. The molecule has 160 valence electrons. The van der Waals surface area contributed by atoms with E-state index in [1.54, 1.807) is 28.9 Å². The summed E-state index contributed by atoms with van der Waals surface area (Å²) in [5.41, 5.74) is 2.73. The summed E-state index contributed by atoms with van der Waals surface area (Å²) in [6.07, 6.45) is 0. The van der Waals surface area contributed by atoms with Crippen LogP contribution in [0.3, 0.4) is 0 Å². The Labute approximate surface area is 186 Å². The summed E-state index contributed by atoms with van der Waals surface area (Å²) in [4.78, 5) is 29.5. The number of nitrogens with zero attached hydrogens (tertiary/aromatic N) is 3. The molecule has 4 aromatic rings. The average molecular weight is 425 g/mol.